The lowest BCUT2D eigenvalue weighted by Crippen LogP contribution is -2.33. The van der Waals surface area contributed by atoms with Crippen LogP contribution in [0.4, 0.5) is 10.1 Å². The van der Waals surface area contributed by atoms with Crippen LogP contribution in [0.3, 0.4) is 0 Å². The molecule has 4 nitrogen and oxygen atoms in total. The summed E-state index contributed by atoms with van der Waals surface area (Å²) in [4.78, 5) is 12.2. The Kier molecular flexibility index (Phi) is 5.42. The maximum atomic E-state index is 14.0. The molecule has 0 aliphatic rings. The highest BCUT2D eigenvalue weighted by Gasteiger charge is 2.20. The summed E-state index contributed by atoms with van der Waals surface area (Å²) >= 11 is 0. The highest BCUT2D eigenvalue weighted by molar-refractivity contribution is 5.36. The first-order valence-electron chi connectivity index (χ1n) is 6.48. The van der Waals surface area contributed by atoms with Crippen LogP contribution in [0.5, 0.6) is 0 Å². The van der Waals surface area contributed by atoms with Crippen molar-refractivity contribution in [2.75, 3.05) is 6.54 Å². The highest BCUT2D eigenvalue weighted by Crippen LogP contribution is 2.22. The summed E-state index contributed by atoms with van der Waals surface area (Å²) in [5.74, 6) is -0.258. The Bertz CT molecular complexity index is 447. The van der Waals surface area contributed by atoms with Crippen molar-refractivity contribution in [2.24, 2.45) is 5.92 Å². The number of nitrogens with zero attached hydrogens (tertiary/aromatic N) is 2. The zero-order valence-corrected chi connectivity index (χ0v) is 11.9. The van der Waals surface area contributed by atoms with Gasteiger partial charge >= 0.3 is 5.69 Å². The van der Waals surface area contributed by atoms with Gasteiger partial charge in [0, 0.05) is 30.8 Å². The Morgan fingerprint density at radius 1 is 1.32 bits per heavy atom. The van der Waals surface area contributed by atoms with Crippen LogP contribution in [0.25, 0.3) is 0 Å². The van der Waals surface area contributed by atoms with Crippen molar-refractivity contribution in [3.05, 3.63) is 39.7 Å². The second-order valence-electron chi connectivity index (χ2n) is 5.42. The minimum absolute atomic E-state index is 0.265. The SMILES string of the molecule is CC(C)CN(Cc1cccc([N+](=O)[O-])c1F)C(C)C. The van der Waals surface area contributed by atoms with Crippen LogP contribution in [0.2, 0.25) is 0 Å². The molecule has 0 fully saturated rings. The van der Waals surface area contributed by atoms with Gasteiger partial charge in [-0.1, -0.05) is 26.0 Å². The number of halogens is 1. The van der Waals surface area contributed by atoms with Crippen molar-refractivity contribution in [2.45, 2.75) is 40.3 Å². The van der Waals surface area contributed by atoms with Gasteiger partial charge in [-0.25, -0.2) is 0 Å². The second-order valence-corrected chi connectivity index (χ2v) is 5.42. The molecular weight excluding hydrogens is 247 g/mol. The second kappa shape index (κ2) is 6.61. The fourth-order valence-corrected chi connectivity index (χ4v) is 1.98. The molecule has 0 heterocycles. The first-order chi connectivity index (χ1) is 8.82. The number of benzene rings is 1. The Balaban J connectivity index is 2.97. The van der Waals surface area contributed by atoms with Crippen LogP contribution in [-0.4, -0.2) is 22.4 Å². The van der Waals surface area contributed by atoms with Crippen LogP contribution in [0, 0.1) is 21.8 Å². The van der Waals surface area contributed by atoms with Gasteiger partial charge in [0.2, 0.25) is 5.82 Å². The molecule has 0 unspecified atom stereocenters. The molecule has 5 heteroatoms. The van der Waals surface area contributed by atoms with Crippen molar-refractivity contribution < 1.29 is 9.31 Å². The lowest BCUT2D eigenvalue weighted by atomic mass is 10.1. The quantitative estimate of drug-likeness (QED) is 0.585. The molecule has 0 spiro atoms. The van der Waals surface area contributed by atoms with Gasteiger partial charge < -0.3 is 0 Å². The summed E-state index contributed by atoms with van der Waals surface area (Å²) in [6, 6.07) is 4.60. The smallest absolute Gasteiger partial charge is 0.296 e. The normalized spacial score (nSPS) is 11.6. The molecule has 1 aromatic carbocycles. The Morgan fingerprint density at radius 2 is 1.95 bits per heavy atom. The molecule has 0 amide bonds. The van der Waals surface area contributed by atoms with Gasteiger partial charge in [-0.15, -0.1) is 0 Å². The van der Waals surface area contributed by atoms with E-state index < -0.39 is 16.4 Å². The summed E-state index contributed by atoms with van der Waals surface area (Å²) in [6.45, 7) is 9.50. The van der Waals surface area contributed by atoms with E-state index >= 15 is 0 Å². The van der Waals surface area contributed by atoms with Crippen molar-refractivity contribution >= 4 is 5.69 Å². The Labute approximate surface area is 113 Å². The fraction of sp³-hybridized carbons (Fsp3) is 0.571. The van der Waals surface area contributed by atoms with Gasteiger partial charge in [0.25, 0.3) is 0 Å². The maximum absolute atomic E-state index is 14.0. The van der Waals surface area contributed by atoms with Crippen LogP contribution >= 0.6 is 0 Å². The highest BCUT2D eigenvalue weighted by atomic mass is 19.1. The summed E-state index contributed by atoms with van der Waals surface area (Å²) in [5.41, 5.74) is -0.0747. The molecule has 1 rings (SSSR count). The molecular formula is C14H21FN2O2. The summed E-state index contributed by atoms with van der Waals surface area (Å²) in [5, 5.41) is 10.7. The van der Waals surface area contributed by atoms with Crippen molar-refractivity contribution in [3.8, 4) is 0 Å². The molecule has 0 aliphatic carbocycles. The molecule has 0 radical (unpaired) electrons. The minimum Gasteiger partial charge on any atom is -0.296 e. The molecule has 106 valence electrons. The van der Waals surface area contributed by atoms with Crippen LogP contribution in [-0.2, 0) is 6.54 Å². The van der Waals surface area contributed by atoms with E-state index in [1.807, 2.05) is 13.8 Å². The Morgan fingerprint density at radius 3 is 2.42 bits per heavy atom. The largest absolute Gasteiger partial charge is 0.305 e. The molecule has 0 saturated carbocycles. The van der Waals surface area contributed by atoms with Crippen molar-refractivity contribution in [1.82, 2.24) is 4.90 Å². The standard InChI is InChI=1S/C14H21FN2O2/c1-10(2)8-16(11(3)4)9-12-6-5-7-13(14(12)15)17(18)19/h5-7,10-11H,8-9H2,1-4H3. The topological polar surface area (TPSA) is 46.4 Å². The number of nitro groups is 1. The van der Waals surface area contributed by atoms with E-state index in [1.54, 1.807) is 6.07 Å². The summed E-state index contributed by atoms with van der Waals surface area (Å²) in [7, 11) is 0. The number of hydrogen-bond acceptors (Lipinski definition) is 3. The zero-order chi connectivity index (χ0) is 14.6. The summed E-state index contributed by atoms with van der Waals surface area (Å²) in [6.07, 6.45) is 0. The molecule has 0 N–H and O–H groups in total. The van der Waals surface area contributed by atoms with Crippen LogP contribution in [0.15, 0.2) is 18.2 Å². The van der Waals surface area contributed by atoms with Crippen LogP contribution in [0.1, 0.15) is 33.3 Å². The molecule has 1 aromatic rings. The third-order valence-corrected chi connectivity index (χ3v) is 2.96. The maximum Gasteiger partial charge on any atom is 0.305 e. The third kappa shape index (κ3) is 4.28. The predicted octanol–water partition coefficient (Wildman–Crippen LogP) is 3.60. The van der Waals surface area contributed by atoms with Gasteiger partial charge in [-0.3, -0.25) is 15.0 Å². The average molecular weight is 268 g/mol. The van der Waals surface area contributed by atoms with E-state index in [1.165, 1.54) is 12.1 Å². The predicted molar refractivity (Wildman–Crippen MR) is 73.4 cm³/mol. The molecule has 0 bridgehead atoms. The van der Waals surface area contributed by atoms with E-state index in [-0.39, 0.29) is 6.04 Å². The fourth-order valence-electron chi connectivity index (χ4n) is 1.98. The lowest BCUT2D eigenvalue weighted by molar-refractivity contribution is -0.387. The first-order valence-corrected chi connectivity index (χ1v) is 6.48. The number of rotatable bonds is 6. The number of nitro benzene ring substituents is 1. The molecule has 0 aromatic heterocycles. The van der Waals surface area contributed by atoms with Gasteiger partial charge in [0.1, 0.15) is 0 Å². The average Bonchev–Trinajstić information content (AvgIpc) is 2.29. The van der Waals surface area contributed by atoms with Crippen molar-refractivity contribution in [1.29, 1.82) is 0 Å². The minimum atomic E-state index is -0.720. The van der Waals surface area contributed by atoms with Crippen LogP contribution < -0.4 is 0 Å². The van der Waals surface area contributed by atoms with Gasteiger partial charge in [-0.05, 0) is 19.8 Å². The van der Waals surface area contributed by atoms with Gasteiger partial charge in [0.05, 0.1) is 4.92 Å². The van der Waals surface area contributed by atoms with Gasteiger partial charge in [0.15, 0.2) is 0 Å². The van der Waals surface area contributed by atoms with Crippen molar-refractivity contribution in [3.63, 3.8) is 0 Å². The summed E-state index contributed by atoms with van der Waals surface area (Å²) < 4.78 is 14.0. The zero-order valence-electron chi connectivity index (χ0n) is 11.9. The molecule has 0 atom stereocenters. The van der Waals surface area contributed by atoms with E-state index in [0.717, 1.165) is 6.54 Å². The first kappa shape index (κ1) is 15.6. The Hall–Kier alpha value is -1.49. The van der Waals surface area contributed by atoms with E-state index in [4.69, 9.17) is 0 Å². The molecule has 0 aliphatic heterocycles. The molecule has 0 saturated heterocycles. The number of hydrogen-bond donors (Lipinski definition) is 0. The molecule has 19 heavy (non-hydrogen) atoms. The monoisotopic (exact) mass is 268 g/mol. The van der Waals surface area contributed by atoms with Gasteiger partial charge in [-0.2, -0.15) is 4.39 Å². The van der Waals surface area contributed by atoms with E-state index in [9.17, 15) is 14.5 Å². The third-order valence-electron chi connectivity index (χ3n) is 2.96. The van der Waals surface area contributed by atoms with E-state index in [0.29, 0.717) is 18.0 Å². The lowest BCUT2D eigenvalue weighted by Gasteiger charge is -2.28. The van der Waals surface area contributed by atoms with E-state index in [2.05, 4.69) is 18.7 Å².